The Hall–Kier alpha value is -1.99. The summed E-state index contributed by atoms with van der Waals surface area (Å²) in [5.41, 5.74) is 7.04. The lowest BCUT2D eigenvalue weighted by Gasteiger charge is -2.35. The van der Waals surface area contributed by atoms with Crippen LogP contribution in [0.1, 0.15) is 11.9 Å². The van der Waals surface area contributed by atoms with Crippen LogP contribution in [-0.2, 0) is 0 Å². The Balaban J connectivity index is 1.86. The van der Waals surface area contributed by atoms with Gasteiger partial charge in [0.15, 0.2) is 5.82 Å². The lowest BCUT2D eigenvalue weighted by atomic mass is 10.2. The molecular formula is C13H18N6O. The average molecular weight is 274 g/mol. The summed E-state index contributed by atoms with van der Waals surface area (Å²) in [5.74, 6) is 1.16. The SMILES string of the molecule is CN1CCN(C)C(c2noc(-c3cncc(N)c3)n2)C1. The number of hydrogen-bond acceptors (Lipinski definition) is 7. The Morgan fingerprint density at radius 1 is 1.30 bits per heavy atom. The van der Waals surface area contributed by atoms with Gasteiger partial charge in [-0.05, 0) is 20.2 Å². The zero-order valence-electron chi connectivity index (χ0n) is 11.7. The topological polar surface area (TPSA) is 84.3 Å². The first kappa shape index (κ1) is 13.0. The highest BCUT2D eigenvalue weighted by atomic mass is 16.5. The summed E-state index contributed by atoms with van der Waals surface area (Å²) < 4.78 is 5.34. The second-order valence-electron chi connectivity index (χ2n) is 5.22. The highest BCUT2D eigenvalue weighted by molar-refractivity contribution is 5.57. The van der Waals surface area contributed by atoms with Crippen LogP contribution in [0, 0.1) is 0 Å². The fourth-order valence-corrected chi connectivity index (χ4v) is 2.35. The van der Waals surface area contributed by atoms with Crippen LogP contribution in [0.2, 0.25) is 0 Å². The van der Waals surface area contributed by atoms with Gasteiger partial charge in [-0.3, -0.25) is 9.88 Å². The van der Waals surface area contributed by atoms with Crippen LogP contribution in [0.15, 0.2) is 23.0 Å². The second kappa shape index (κ2) is 5.18. The van der Waals surface area contributed by atoms with Crippen molar-refractivity contribution in [1.29, 1.82) is 0 Å². The van der Waals surface area contributed by atoms with Crippen molar-refractivity contribution in [3.63, 3.8) is 0 Å². The fraction of sp³-hybridized carbons (Fsp3) is 0.462. The molecule has 20 heavy (non-hydrogen) atoms. The van der Waals surface area contributed by atoms with Gasteiger partial charge in [-0.1, -0.05) is 5.16 Å². The molecule has 3 heterocycles. The van der Waals surface area contributed by atoms with Crippen LogP contribution >= 0.6 is 0 Å². The molecule has 0 aliphatic carbocycles. The van der Waals surface area contributed by atoms with Gasteiger partial charge in [0, 0.05) is 32.0 Å². The molecule has 7 nitrogen and oxygen atoms in total. The van der Waals surface area contributed by atoms with E-state index in [1.165, 1.54) is 0 Å². The van der Waals surface area contributed by atoms with Gasteiger partial charge >= 0.3 is 0 Å². The molecule has 0 radical (unpaired) electrons. The van der Waals surface area contributed by atoms with Crippen molar-refractivity contribution in [3.05, 3.63) is 24.3 Å². The van der Waals surface area contributed by atoms with Crippen LogP contribution in [-0.4, -0.2) is 58.7 Å². The van der Waals surface area contributed by atoms with Crippen LogP contribution in [0.3, 0.4) is 0 Å². The summed E-state index contributed by atoms with van der Waals surface area (Å²) in [6.45, 7) is 2.94. The standard InChI is InChI=1S/C13H18N6O/c1-18-3-4-19(2)11(8-18)12-16-13(20-17-12)9-5-10(14)7-15-6-9/h5-7,11H,3-4,8,14H2,1-2H3. The summed E-state index contributed by atoms with van der Waals surface area (Å²) >= 11 is 0. The molecular weight excluding hydrogens is 256 g/mol. The van der Waals surface area contributed by atoms with E-state index in [0.717, 1.165) is 25.2 Å². The molecule has 1 aliphatic heterocycles. The van der Waals surface area contributed by atoms with Gasteiger partial charge in [-0.25, -0.2) is 0 Å². The summed E-state index contributed by atoms with van der Waals surface area (Å²) in [4.78, 5) is 13.0. The predicted molar refractivity (Wildman–Crippen MR) is 74.8 cm³/mol. The largest absolute Gasteiger partial charge is 0.397 e. The van der Waals surface area contributed by atoms with E-state index < -0.39 is 0 Å². The third kappa shape index (κ3) is 2.50. The number of aromatic nitrogens is 3. The molecule has 0 amide bonds. The molecule has 0 bridgehead atoms. The van der Waals surface area contributed by atoms with Crippen molar-refractivity contribution in [2.75, 3.05) is 39.5 Å². The predicted octanol–water partition coefficient (Wildman–Crippen LogP) is 0.632. The number of pyridine rings is 1. The van der Waals surface area contributed by atoms with Gasteiger partial charge in [0.1, 0.15) is 0 Å². The Bertz CT molecular complexity index is 598. The van der Waals surface area contributed by atoms with Crippen molar-refractivity contribution in [2.45, 2.75) is 6.04 Å². The molecule has 1 atom stereocenters. The Morgan fingerprint density at radius 3 is 2.95 bits per heavy atom. The van der Waals surface area contributed by atoms with E-state index in [2.05, 4.69) is 39.0 Å². The molecule has 1 saturated heterocycles. The molecule has 1 fully saturated rings. The zero-order chi connectivity index (χ0) is 14.1. The van der Waals surface area contributed by atoms with Gasteiger partial charge < -0.3 is 15.2 Å². The fourth-order valence-electron chi connectivity index (χ4n) is 2.35. The summed E-state index contributed by atoms with van der Waals surface area (Å²) in [6.07, 6.45) is 3.26. The van der Waals surface area contributed by atoms with Gasteiger partial charge in [0.25, 0.3) is 5.89 Å². The van der Waals surface area contributed by atoms with Gasteiger partial charge in [-0.2, -0.15) is 4.98 Å². The number of hydrogen-bond donors (Lipinski definition) is 1. The van der Waals surface area contributed by atoms with Crippen LogP contribution in [0.4, 0.5) is 5.69 Å². The quantitative estimate of drug-likeness (QED) is 0.859. The van der Waals surface area contributed by atoms with Crippen LogP contribution in [0.5, 0.6) is 0 Å². The molecule has 2 aromatic rings. The molecule has 3 rings (SSSR count). The molecule has 0 saturated carbocycles. The minimum Gasteiger partial charge on any atom is -0.397 e. The molecule has 1 unspecified atom stereocenters. The minimum absolute atomic E-state index is 0.153. The maximum Gasteiger partial charge on any atom is 0.259 e. The van der Waals surface area contributed by atoms with Gasteiger partial charge in [0.2, 0.25) is 0 Å². The number of nitrogens with two attached hydrogens (primary N) is 1. The molecule has 1 aliphatic rings. The summed E-state index contributed by atoms with van der Waals surface area (Å²) in [5, 5.41) is 4.11. The highest BCUT2D eigenvalue weighted by Gasteiger charge is 2.28. The zero-order valence-corrected chi connectivity index (χ0v) is 11.7. The monoisotopic (exact) mass is 274 g/mol. The lowest BCUT2D eigenvalue weighted by molar-refractivity contribution is 0.108. The summed E-state index contributed by atoms with van der Waals surface area (Å²) in [6, 6.07) is 1.93. The Morgan fingerprint density at radius 2 is 2.15 bits per heavy atom. The third-order valence-electron chi connectivity index (χ3n) is 3.60. The number of likely N-dealkylation sites (N-methyl/N-ethyl adjacent to an activating group) is 2. The molecule has 106 valence electrons. The average Bonchev–Trinajstić information content (AvgIpc) is 2.91. The van der Waals surface area contributed by atoms with Gasteiger partial charge in [0.05, 0.1) is 17.3 Å². The van der Waals surface area contributed by atoms with Crippen LogP contribution < -0.4 is 5.73 Å². The number of nitrogens with zero attached hydrogens (tertiary/aromatic N) is 5. The number of piperazine rings is 1. The maximum atomic E-state index is 5.72. The number of nitrogen functional groups attached to an aromatic ring is 1. The first-order valence-electron chi connectivity index (χ1n) is 6.57. The normalized spacial score (nSPS) is 21.2. The van der Waals surface area contributed by atoms with Crippen molar-refractivity contribution in [1.82, 2.24) is 24.9 Å². The maximum absolute atomic E-state index is 5.72. The molecule has 2 aromatic heterocycles. The van der Waals surface area contributed by atoms with E-state index in [1.54, 1.807) is 18.5 Å². The van der Waals surface area contributed by atoms with Gasteiger partial charge in [-0.15, -0.1) is 0 Å². The highest BCUT2D eigenvalue weighted by Crippen LogP contribution is 2.24. The number of rotatable bonds is 2. The van der Waals surface area contributed by atoms with E-state index >= 15 is 0 Å². The van der Waals surface area contributed by atoms with Crippen molar-refractivity contribution >= 4 is 5.69 Å². The molecule has 0 aromatic carbocycles. The molecule has 0 spiro atoms. The van der Waals surface area contributed by atoms with E-state index in [4.69, 9.17) is 10.3 Å². The van der Waals surface area contributed by atoms with Crippen molar-refractivity contribution in [3.8, 4) is 11.5 Å². The first-order chi connectivity index (χ1) is 9.63. The third-order valence-corrected chi connectivity index (χ3v) is 3.60. The number of anilines is 1. The van der Waals surface area contributed by atoms with Crippen molar-refractivity contribution in [2.24, 2.45) is 0 Å². The summed E-state index contributed by atoms with van der Waals surface area (Å²) in [7, 11) is 4.18. The smallest absolute Gasteiger partial charge is 0.259 e. The van der Waals surface area contributed by atoms with E-state index in [9.17, 15) is 0 Å². The second-order valence-corrected chi connectivity index (χ2v) is 5.22. The van der Waals surface area contributed by atoms with Crippen molar-refractivity contribution < 1.29 is 4.52 Å². The minimum atomic E-state index is 0.153. The van der Waals surface area contributed by atoms with E-state index in [-0.39, 0.29) is 6.04 Å². The lowest BCUT2D eigenvalue weighted by Crippen LogP contribution is -2.45. The van der Waals surface area contributed by atoms with E-state index in [0.29, 0.717) is 17.4 Å². The molecule has 2 N–H and O–H groups in total. The van der Waals surface area contributed by atoms with E-state index in [1.807, 2.05) is 0 Å². The first-order valence-corrected chi connectivity index (χ1v) is 6.57. The molecule has 7 heteroatoms. The Kier molecular flexibility index (Phi) is 3.37. The Labute approximate surface area is 117 Å². The van der Waals surface area contributed by atoms with Crippen LogP contribution in [0.25, 0.3) is 11.5 Å².